The van der Waals surface area contributed by atoms with Crippen molar-refractivity contribution in [2.24, 2.45) is 0 Å². The molecule has 82 valence electrons. The molecule has 0 spiro atoms. The van der Waals surface area contributed by atoms with Gasteiger partial charge < -0.3 is 0 Å². The van der Waals surface area contributed by atoms with Crippen molar-refractivity contribution in [3.63, 3.8) is 0 Å². The molecule has 0 aromatic rings. The van der Waals surface area contributed by atoms with Crippen molar-refractivity contribution in [2.45, 2.75) is 58.3 Å². The van der Waals surface area contributed by atoms with Crippen LogP contribution in [0.15, 0.2) is 11.6 Å². The van der Waals surface area contributed by atoms with Crippen molar-refractivity contribution in [3.05, 3.63) is 11.6 Å². The quantitative estimate of drug-likeness (QED) is 0.441. The predicted octanol–water partition coefficient (Wildman–Crippen LogP) is 4.10. The van der Waals surface area contributed by atoms with Crippen LogP contribution in [0.4, 0.5) is 0 Å². The number of hydrogen-bond acceptors (Lipinski definition) is 2. The average Bonchev–Trinajstić information content (AvgIpc) is 2.26. The molecule has 0 fully saturated rings. The molecule has 0 atom stereocenters. The van der Waals surface area contributed by atoms with Crippen LogP contribution in [0, 0.1) is 22.7 Å². The number of allylic oxidation sites excluding steroid dienone is 2. The minimum Gasteiger partial charge on any atom is -0.193 e. The van der Waals surface area contributed by atoms with E-state index in [1.165, 1.54) is 44.6 Å². The lowest BCUT2D eigenvalue weighted by atomic mass is 10.1. The van der Waals surface area contributed by atoms with Gasteiger partial charge in [0.15, 0.2) is 0 Å². The summed E-state index contributed by atoms with van der Waals surface area (Å²) < 4.78 is 0. The van der Waals surface area contributed by atoms with E-state index >= 15 is 0 Å². The van der Waals surface area contributed by atoms with Gasteiger partial charge in [0.25, 0.3) is 0 Å². The van der Waals surface area contributed by atoms with Gasteiger partial charge in [-0.05, 0) is 12.8 Å². The fourth-order valence-electron chi connectivity index (χ4n) is 1.51. The Morgan fingerprint density at radius 1 is 1.00 bits per heavy atom. The smallest absolute Gasteiger partial charge is 0.0954 e. The summed E-state index contributed by atoms with van der Waals surface area (Å²) in [4.78, 5) is 0. The molecule has 0 aliphatic heterocycles. The van der Waals surface area contributed by atoms with Gasteiger partial charge in [0.05, 0.1) is 12.1 Å². The van der Waals surface area contributed by atoms with E-state index in [1.54, 1.807) is 0 Å². The highest BCUT2D eigenvalue weighted by molar-refractivity contribution is 5.26. The third kappa shape index (κ3) is 9.03. The van der Waals surface area contributed by atoms with E-state index in [2.05, 4.69) is 13.0 Å². The fourth-order valence-corrected chi connectivity index (χ4v) is 1.51. The summed E-state index contributed by atoms with van der Waals surface area (Å²) in [6.07, 6.45) is 10.8. The van der Waals surface area contributed by atoms with Crippen LogP contribution in [0.5, 0.6) is 0 Å². The maximum absolute atomic E-state index is 8.66. The lowest BCUT2D eigenvalue weighted by Gasteiger charge is -1.99. The molecule has 0 heterocycles. The minimum atomic E-state index is 0.617. The summed E-state index contributed by atoms with van der Waals surface area (Å²) in [5.41, 5.74) is 0.617. The highest BCUT2D eigenvalue weighted by Crippen LogP contribution is 2.11. The van der Waals surface area contributed by atoms with E-state index in [-0.39, 0.29) is 0 Å². The van der Waals surface area contributed by atoms with E-state index < -0.39 is 0 Å². The molecule has 0 saturated heterocycles. The molecular weight excluding hydrogens is 184 g/mol. The summed E-state index contributed by atoms with van der Waals surface area (Å²) in [6, 6.07) is 3.96. The monoisotopic (exact) mass is 204 g/mol. The van der Waals surface area contributed by atoms with Gasteiger partial charge in [0.1, 0.15) is 0 Å². The van der Waals surface area contributed by atoms with Crippen LogP contribution < -0.4 is 0 Å². The molecule has 0 amide bonds. The second kappa shape index (κ2) is 10.8. The third-order valence-electron chi connectivity index (χ3n) is 2.43. The predicted molar refractivity (Wildman–Crippen MR) is 61.9 cm³/mol. The molecule has 2 nitrogen and oxygen atoms in total. The van der Waals surface area contributed by atoms with Crippen molar-refractivity contribution in [3.8, 4) is 12.1 Å². The molecular formula is C13H20N2. The summed E-state index contributed by atoms with van der Waals surface area (Å²) >= 11 is 0. The highest BCUT2D eigenvalue weighted by atomic mass is 14.3. The van der Waals surface area contributed by atoms with E-state index in [0.29, 0.717) is 5.57 Å². The van der Waals surface area contributed by atoms with Crippen LogP contribution in [0.2, 0.25) is 0 Å². The lowest BCUT2D eigenvalue weighted by Crippen LogP contribution is -1.83. The highest BCUT2D eigenvalue weighted by Gasteiger charge is 1.95. The Kier molecular flexibility index (Phi) is 9.88. The van der Waals surface area contributed by atoms with E-state index in [1.807, 2.05) is 6.07 Å². The molecule has 0 aliphatic carbocycles. The van der Waals surface area contributed by atoms with Gasteiger partial charge in [0.2, 0.25) is 0 Å². The van der Waals surface area contributed by atoms with E-state index in [0.717, 1.165) is 12.8 Å². The van der Waals surface area contributed by atoms with Crippen LogP contribution in [0.25, 0.3) is 0 Å². The molecule has 0 aromatic carbocycles. The lowest BCUT2D eigenvalue weighted by molar-refractivity contribution is 0.590. The molecule has 0 rings (SSSR count). The number of nitriles is 2. The topological polar surface area (TPSA) is 47.6 Å². The number of nitrogens with zero attached hydrogens (tertiary/aromatic N) is 2. The molecule has 2 heteroatoms. The van der Waals surface area contributed by atoms with Gasteiger partial charge in [-0.3, -0.25) is 0 Å². The van der Waals surface area contributed by atoms with E-state index in [4.69, 9.17) is 10.5 Å². The Balaban J connectivity index is 3.35. The standard InChI is InChI=1S/C13H20N2/c1-2-3-4-5-6-7-8-9-13(12-15)10-11-14/h10H,2-9H2,1H3/b13-10-. The molecule has 0 saturated carbocycles. The zero-order chi connectivity index (χ0) is 11.4. The molecule has 0 N–H and O–H groups in total. The molecule has 15 heavy (non-hydrogen) atoms. The van der Waals surface area contributed by atoms with Crippen LogP contribution in [0.1, 0.15) is 58.3 Å². The molecule has 0 aromatic heterocycles. The Morgan fingerprint density at radius 2 is 1.60 bits per heavy atom. The fraction of sp³-hybridized carbons (Fsp3) is 0.692. The first-order valence-electron chi connectivity index (χ1n) is 5.84. The van der Waals surface area contributed by atoms with Crippen LogP contribution in [-0.2, 0) is 0 Å². The first kappa shape index (κ1) is 13.7. The van der Waals surface area contributed by atoms with Crippen molar-refractivity contribution in [1.82, 2.24) is 0 Å². The first-order chi connectivity index (χ1) is 7.35. The SMILES string of the molecule is CCCCCCCCC/C(C#N)=C/C#N. The van der Waals surface area contributed by atoms with Crippen molar-refractivity contribution in [1.29, 1.82) is 10.5 Å². The molecule has 0 radical (unpaired) electrons. The second-order valence-electron chi connectivity index (χ2n) is 3.78. The van der Waals surface area contributed by atoms with Crippen molar-refractivity contribution in [2.75, 3.05) is 0 Å². The average molecular weight is 204 g/mol. The van der Waals surface area contributed by atoms with Crippen molar-refractivity contribution < 1.29 is 0 Å². The summed E-state index contributed by atoms with van der Waals surface area (Å²) in [6.45, 7) is 2.21. The second-order valence-corrected chi connectivity index (χ2v) is 3.78. The Morgan fingerprint density at radius 3 is 2.13 bits per heavy atom. The number of rotatable bonds is 8. The Labute approximate surface area is 93.2 Å². The number of hydrogen-bond donors (Lipinski definition) is 0. The van der Waals surface area contributed by atoms with E-state index in [9.17, 15) is 0 Å². The minimum absolute atomic E-state index is 0.617. The van der Waals surface area contributed by atoms with Gasteiger partial charge in [-0.2, -0.15) is 10.5 Å². The zero-order valence-corrected chi connectivity index (χ0v) is 9.63. The summed E-state index contributed by atoms with van der Waals surface area (Å²) in [7, 11) is 0. The van der Waals surface area contributed by atoms with Gasteiger partial charge in [-0.1, -0.05) is 45.4 Å². The van der Waals surface area contributed by atoms with Crippen molar-refractivity contribution >= 4 is 0 Å². The molecule has 0 unspecified atom stereocenters. The molecule has 0 aliphatic rings. The first-order valence-corrected chi connectivity index (χ1v) is 5.84. The summed E-state index contributed by atoms with van der Waals surface area (Å²) in [5, 5.41) is 17.1. The van der Waals surface area contributed by atoms with Gasteiger partial charge in [-0.25, -0.2) is 0 Å². The van der Waals surface area contributed by atoms with Crippen LogP contribution >= 0.6 is 0 Å². The third-order valence-corrected chi connectivity index (χ3v) is 2.43. The van der Waals surface area contributed by atoms with Gasteiger partial charge >= 0.3 is 0 Å². The van der Waals surface area contributed by atoms with Crippen LogP contribution in [-0.4, -0.2) is 0 Å². The Hall–Kier alpha value is -1.28. The maximum Gasteiger partial charge on any atom is 0.0954 e. The Bertz CT molecular complexity index is 253. The largest absolute Gasteiger partial charge is 0.193 e. The van der Waals surface area contributed by atoms with Gasteiger partial charge in [0, 0.05) is 11.6 Å². The zero-order valence-electron chi connectivity index (χ0n) is 9.63. The van der Waals surface area contributed by atoms with Crippen LogP contribution in [0.3, 0.4) is 0 Å². The van der Waals surface area contributed by atoms with Gasteiger partial charge in [-0.15, -0.1) is 0 Å². The normalized spacial score (nSPS) is 10.7. The maximum atomic E-state index is 8.66. The molecule has 0 bridgehead atoms. The summed E-state index contributed by atoms with van der Waals surface area (Å²) in [5.74, 6) is 0. The number of unbranched alkanes of at least 4 members (excludes halogenated alkanes) is 6.